The van der Waals surface area contributed by atoms with Gasteiger partial charge in [0.2, 0.25) is 6.79 Å². The summed E-state index contributed by atoms with van der Waals surface area (Å²) in [6, 6.07) is 27.2. The number of carbonyl (C=O) groups is 1. The number of benzene rings is 4. The highest BCUT2D eigenvalue weighted by atomic mass is 32.1. The second-order valence-electron chi connectivity index (χ2n) is 10.8. The molecule has 2 aliphatic heterocycles. The number of carbonyl (C=O) groups excluding carboxylic acids is 1. The molecule has 11 nitrogen and oxygen atoms in total. The van der Waals surface area contributed by atoms with E-state index < -0.39 is 16.9 Å². The molecule has 0 aliphatic carbocycles. The van der Waals surface area contributed by atoms with Crippen molar-refractivity contribution in [3.05, 3.63) is 155 Å². The summed E-state index contributed by atoms with van der Waals surface area (Å²) < 4.78 is 24.7. The van der Waals surface area contributed by atoms with Crippen LogP contribution in [0.1, 0.15) is 35.2 Å². The molecule has 2 aliphatic rings. The zero-order valence-corrected chi connectivity index (χ0v) is 26.3. The van der Waals surface area contributed by atoms with Crippen molar-refractivity contribution in [2.75, 3.05) is 13.4 Å². The normalized spacial score (nSPS) is 15.1. The molecular weight excluding hydrogens is 634 g/mol. The third-order valence-electron chi connectivity index (χ3n) is 7.83. The van der Waals surface area contributed by atoms with Crippen LogP contribution in [0.15, 0.2) is 112 Å². The minimum atomic E-state index is -0.874. The summed E-state index contributed by atoms with van der Waals surface area (Å²) in [7, 11) is 0. The number of fused-ring (bicyclic) bond motifs is 2. The van der Waals surface area contributed by atoms with Gasteiger partial charge in [0, 0.05) is 23.3 Å². The number of thiazole rings is 1. The highest BCUT2D eigenvalue weighted by molar-refractivity contribution is 7.07. The molecule has 12 heteroatoms. The van der Waals surface area contributed by atoms with Gasteiger partial charge >= 0.3 is 5.97 Å². The Morgan fingerprint density at radius 3 is 2.54 bits per heavy atom. The van der Waals surface area contributed by atoms with Crippen molar-refractivity contribution in [1.82, 2.24) is 4.57 Å². The summed E-state index contributed by atoms with van der Waals surface area (Å²) in [5.41, 5.74) is 3.02. The Bertz CT molecular complexity index is 2260. The highest BCUT2D eigenvalue weighted by Crippen LogP contribution is 2.40. The van der Waals surface area contributed by atoms with E-state index in [4.69, 9.17) is 23.9 Å². The summed E-state index contributed by atoms with van der Waals surface area (Å²) >= 11 is 1.20. The van der Waals surface area contributed by atoms with Crippen LogP contribution in [0.4, 0.5) is 5.69 Å². The molecule has 0 N–H and O–H groups in total. The van der Waals surface area contributed by atoms with Crippen LogP contribution in [0.25, 0.3) is 11.8 Å². The summed E-state index contributed by atoms with van der Waals surface area (Å²) in [6.45, 7) is 2.10. The number of nitrogens with zero attached hydrogens (tertiary/aromatic N) is 3. The molecule has 1 atom stereocenters. The lowest BCUT2D eigenvalue weighted by molar-refractivity contribution is -0.384. The molecule has 1 aromatic heterocycles. The van der Waals surface area contributed by atoms with Crippen molar-refractivity contribution >= 4 is 34.8 Å². The molecule has 1 unspecified atom stereocenters. The van der Waals surface area contributed by atoms with Gasteiger partial charge in [-0.25, -0.2) is 9.79 Å². The number of nitro benzene ring substituents is 1. The van der Waals surface area contributed by atoms with Crippen LogP contribution in [0.5, 0.6) is 17.2 Å². The van der Waals surface area contributed by atoms with E-state index in [-0.39, 0.29) is 36.8 Å². The van der Waals surface area contributed by atoms with Crippen LogP contribution in [0.2, 0.25) is 0 Å². The van der Waals surface area contributed by atoms with E-state index in [9.17, 15) is 19.7 Å². The molecule has 0 fully saturated rings. The van der Waals surface area contributed by atoms with Crippen LogP contribution in [-0.4, -0.2) is 28.9 Å². The standard InChI is InChI=1S/C36H27N3O8S/c1-2-44-35(41)31-32(23-8-4-3-5-9-23)37-36-38(33(31)25-14-17-28-29(18-25)47-21-46-28)34(40)30(48-36)19-24-10-6-7-11-27(24)45-20-22-12-15-26(16-13-22)39(42)43/h3-19,33H,2,20-21H2,1H3/b30-19+. The third kappa shape index (κ3) is 5.84. The quantitative estimate of drug-likeness (QED) is 0.120. The maximum Gasteiger partial charge on any atom is 0.338 e. The summed E-state index contributed by atoms with van der Waals surface area (Å²) in [4.78, 5) is 44.0. The molecule has 48 heavy (non-hydrogen) atoms. The molecule has 7 rings (SSSR count). The average molecular weight is 662 g/mol. The monoisotopic (exact) mass is 661 g/mol. The molecule has 0 bridgehead atoms. The first kappa shape index (κ1) is 30.6. The van der Waals surface area contributed by atoms with Crippen LogP contribution in [0, 0.1) is 10.1 Å². The van der Waals surface area contributed by atoms with Crippen LogP contribution in [0.3, 0.4) is 0 Å². The lowest BCUT2D eigenvalue weighted by atomic mass is 9.93. The first-order valence-corrected chi connectivity index (χ1v) is 15.9. The minimum Gasteiger partial charge on any atom is -0.488 e. The van der Waals surface area contributed by atoms with Gasteiger partial charge in [-0.15, -0.1) is 0 Å². The predicted octanol–water partition coefficient (Wildman–Crippen LogP) is 5.15. The Balaban J connectivity index is 1.36. The van der Waals surface area contributed by atoms with E-state index in [2.05, 4.69) is 0 Å². The van der Waals surface area contributed by atoms with Crippen LogP contribution >= 0.6 is 11.3 Å². The summed E-state index contributed by atoms with van der Waals surface area (Å²) in [5, 5.41) is 11.0. The van der Waals surface area contributed by atoms with Crippen LogP contribution in [-0.2, 0) is 16.1 Å². The lowest BCUT2D eigenvalue weighted by Gasteiger charge is -2.26. The average Bonchev–Trinajstić information content (AvgIpc) is 3.71. The van der Waals surface area contributed by atoms with Gasteiger partial charge in [-0.05, 0) is 54.5 Å². The third-order valence-corrected chi connectivity index (χ3v) is 8.82. The van der Waals surface area contributed by atoms with Crippen molar-refractivity contribution in [3.8, 4) is 17.2 Å². The van der Waals surface area contributed by atoms with E-state index in [0.717, 1.165) is 5.56 Å². The van der Waals surface area contributed by atoms with Crippen molar-refractivity contribution in [3.63, 3.8) is 0 Å². The predicted molar refractivity (Wildman–Crippen MR) is 177 cm³/mol. The Morgan fingerprint density at radius 2 is 1.77 bits per heavy atom. The number of rotatable bonds is 9. The highest BCUT2D eigenvalue weighted by Gasteiger charge is 2.36. The van der Waals surface area contributed by atoms with E-state index in [1.54, 1.807) is 43.3 Å². The second kappa shape index (κ2) is 13.0. The molecule has 0 amide bonds. The number of ether oxygens (including phenoxy) is 4. The molecule has 5 aromatic rings. The van der Waals surface area contributed by atoms with Crippen molar-refractivity contribution in [2.45, 2.75) is 19.6 Å². The van der Waals surface area contributed by atoms with Crippen molar-refractivity contribution in [2.24, 2.45) is 4.99 Å². The fourth-order valence-electron chi connectivity index (χ4n) is 5.59. The van der Waals surface area contributed by atoms with Gasteiger partial charge < -0.3 is 18.9 Å². The fraction of sp³-hybridized carbons (Fsp3) is 0.139. The molecule has 4 aromatic carbocycles. The molecule has 0 radical (unpaired) electrons. The number of para-hydroxylation sites is 1. The van der Waals surface area contributed by atoms with Gasteiger partial charge in [0.25, 0.3) is 11.2 Å². The zero-order valence-electron chi connectivity index (χ0n) is 25.5. The topological polar surface area (TPSA) is 131 Å². The van der Waals surface area contributed by atoms with Crippen molar-refractivity contribution in [1.29, 1.82) is 0 Å². The van der Waals surface area contributed by atoms with E-state index >= 15 is 0 Å². The van der Waals surface area contributed by atoms with Gasteiger partial charge in [0.1, 0.15) is 12.4 Å². The maximum absolute atomic E-state index is 14.3. The molecule has 240 valence electrons. The fourth-order valence-corrected chi connectivity index (χ4v) is 6.58. The molecule has 3 heterocycles. The molecule has 0 saturated carbocycles. The number of hydrogen-bond donors (Lipinski definition) is 0. The molecule has 0 spiro atoms. The van der Waals surface area contributed by atoms with Crippen LogP contribution < -0.4 is 29.1 Å². The number of non-ortho nitro benzene ring substituents is 1. The first-order chi connectivity index (χ1) is 23.4. The van der Waals surface area contributed by atoms with Gasteiger partial charge in [-0.1, -0.05) is 65.9 Å². The summed E-state index contributed by atoms with van der Waals surface area (Å²) in [6.07, 6.45) is 1.74. The first-order valence-electron chi connectivity index (χ1n) is 15.0. The SMILES string of the molecule is CCOC(=O)C1=C(c2ccccc2)N=c2s/c(=C/c3ccccc3OCc3ccc([N+](=O)[O-])cc3)c(=O)n2C1c1ccc2c(c1)OCO2. The zero-order chi connectivity index (χ0) is 33.2. The lowest BCUT2D eigenvalue weighted by Crippen LogP contribution is -2.40. The van der Waals surface area contributed by atoms with Gasteiger partial charge in [-0.2, -0.15) is 0 Å². The number of hydrogen-bond acceptors (Lipinski definition) is 10. The minimum absolute atomic E-state index is 0.00453. The Hall–Kier alpha value is -6.01. The Morgan fingerprint density at radius 1 is 1.02 bits per heavy atom. The number of nitro groups is 1. The number of esters is 1. The van der Waals surface area contributed by atoms with Gasteiger partial charge in [0.15, 0.2) is 16.3 Å². The molecule has 0 saturated heterocycles. The second-order valence-corrected chi connectivity index (χ2v) is 11.8. The Labute approximate surface area is 277 Å². The van der Waals surface area contributed by atoms with E-state index in [1.165, 1.54) is 28.0 Å². The maximum atomic E-state index is 14.3. The number of aromatic nitrogens is 1. The van der Waals surface area contributed by atoms with Gasteiger partial charge in [0.05, 0.1) is 33.4 Å². The van der Waals surface area contributed by atoms with E-state index in [1.807, 2.05) is 54.6 Å². The smallest absolute Gasteiger partial charge is 0.338 e. The largest absolute Gasteiger partial charge is 0.488 e. The van der Waals surface area contributed by atoms with Crippen molar-refractivity contribution < 1.29 is 28.7 Å². The Kier molecular flexibility index (Phi) is 8.30. The van der Waals surface area contributed by atoms with Gasteiger partial charge in [-0.3, -0.25) is 19.5 Å². The molecular formula is C36H27N3O8S. The van der Waals surface area contributed by atoms with E-state index in [0.29, 0.717) is 49.0 Å². The summed E-state index contributed by atoms with van der Waals surface area (Å²) in [5.74, 6) is 1.02.